The highest BCUT2D eigenvalue weighted by molar-refractivity contribution is 6.31. The quantitative estimate of drug-likeness (QED) is 0.306. The number of ether oxygens (including phenoxy) is 2. The molecular formula is C26H27ClN2O2. The summed E-state index contributed by atoms with van der Waals surface area (Å²) in [6, 6.07) is 22.1. The third kappa shape index (κ3) is 5.02. The molecule has 0 N–H and O–H groups in total. The predicted octanol–water partition coefficient (Wildman–Crippen LogP) is 6.78. The first-order valence-corrected chi connectivity index (χ1v) is 10.9. The minimum Gasteiger partial charge on any atom is -0.492 e. The standard InChI is InChI=1S/C26H27ClN2O2/c1-18(2)20-8-10-21(11-9-20)31-17-26-28-24-6-4-5-7-25(24)29(26)14-15-30-22-12-13-23(27)19(3)16-22/h4-13,16,18H,14-15,17H2,1-3H3. The molecule has 0 aliphatic rings. The van der Waals surface area contributed by atoms with Crippen molar-refractivity contribution < 1.29 is 9.47 Å². The van der Waals surface area contributed by atoms with Gasteiger partial charge in [0.15, 0.2) is 0 Å². The van der Waals surface area contributed by atoms with Gasteiger partial charge in [0.25, 0.3) is 0 Å². The summed E-state index contributed by atoms with van der Waals surface area (Å²) in [6.07, 6.45) is 0. The maximum Gasteiger partial charge on any atom is 0.148 e. The lowest BCUT2D eigenvalue weighted by atomic mass is 10.0. The van der Waals surface area contributed by atoms with Gasteiger partial charge in [0.05, 0.1) is 17.6 Å². The number of halogens is 1. The Morgan fingerprint density at radius 1 is 0.935 bits per heavy atom. The molecule has 160 valence electrons. The van der Waals surface area contributed by atoms with Gasteiger partial charge in [0.1, 0.15) is 30.5 Å². The fraction of sp³-hybridized carbons (Fsp3) is 0.269. The molecule has 1 aromatic heterocycles. The van der Waals surface area contributed by atoms with Gasteiger partial charge >= 0.3 is 0 Å². The van der Waals surface area contributed by atoms with Crippen LogP contribution in [0.25, 0.3) is 11.0 Å². The zero-order valence-electron chi connectivity index (χ0n) is 18.1. The van der Waals surface area contributed by atoms with Gasteiger partial charge < -0.3 is 14.0 Å². The van der Waals surface area contributed by atoms with E-state index in [1.165, 1.54) is 5.56 Å². The summed E-state index contributed by atoms with van der Waals surface area (Å²) >= 11 is 6.11. The Labute approximate surface area is 188 Å². The van der Waals surface area contributed by atoms with Crippen molar-refractivity contribution in [1.29, 1.82) is 0 Å². The van der Waals surface area contributed by atoms with Crippen molar-refractivity contribution >= 4 is 22.6 Å². The van der Waals surface area contributed by atoms with Crippen molar-refractivity contribution in [3.05, 3.63) is 88.7 Å². The average molecular weight is 435 g/mol. The highest BCUT2D eigenvalue weighted by atomic mass is 35.5. The SMILES string of the molecule is Cc1cc(OCCn2c(COc3ccc(C(C)C)cc3)nc3ccccc32)ccc1Cl. The summed E-state index contributed by atoms with van der Waals surface area (Å²) in [5, 5.41) is 0.744. The lowest BCUT2D eigenvalue weighted by Crippen LogP contribution is -2.13. The van der Waals surface area contributed by atoms with Gasteiger partial charge in [0, 0.05) is 5.02 Å². The van der Waals surface area contributed by atoms with Crippen LogP contribution in [-0.2, 0) is 13.2 Å². The summed E-state index contributed by atoms with van der Waals surface area (Å²) < 4.78 is 14.2. The average Bonchev–Trinajstić information content (AvgIpc) is 3.12. The van der Waals surface area contributed by atoms with Gasteiger partial charge in [0.2, 0.25) is 0 Å². The molecule has 0 spiro atoms. The fourth-order valence-corrected chi connectivity index (χ4v) is 3.66. The molecule has 0 unspecified atom stereocenters. The van der Waals surface area contributed by atoms with Crippen LogP contribution in [0, 0.1) is 6.92 Å². The van der Waals surface area contributed by atoms with Crippen molar-refractivity contribution in [2.75, 3.05) is 6.61 Å². The molecule has 0 amide bonds. The first kappa shape index (κ1) is 21.3. The van der Waals surface area contributed by atoms with Crippen molar-refractivity contribution in [2.24, 2.45) is 0 Å². The Balaban J connectivity index is 1.48. The van der Waals surface area contributed by atoms with Crippen molar-refractivity contribution in [1.82, 2.24) is 9.55 Å². The predicted molar refractivity (Wildman–Crippen MR) is 126 cm³/mol. The van der Waals surface area contributed by atoms with Crippen LogP contribution in [0.5, 0.6) is 11.5 Å². The first-order chi connectivity index (χ1) is 15.0. The van der Waals surface area contributed by atoms with Crippen LogP contribution in [0.1, 0.15) is 36.7 Å². The number of aromatic nitrogens is 2. The van der Waals surface area contributed by atoms with Gasteiger partial charge in [-0.1, -0.05) is 49.7 Å². The van der Waals surface area contributed by atoms with Crippen LogP contribution in [-0.4, -0.2) is 16.2 Å². The molecule has 5 heteroatoms. The summed E-state index contributed by atoms with van der Waals surface area (Å²) in [5.74, 6) is 3.04. The van der Waals surface area contributed by atoms with E-state index in [1.807, 2.05) is 55.5 Å². The second-order valence-electron chi connectivity index (χ2n) is 7.94. The topological polar surface area (TPSA) is 36.3 Å². The summed E-state index contributed by atoms with van der Waals surface area (Å²) in [5.41, 5.74) is 4.34. The van der Waals surface area contributed by atoms with E-state index in [0.29, 0.717) is 25.7 Å². The number of benzene rings is 3. The number of nitrogens with zero attached hydrogens (tertiary/aromatic N) is 2. The highest BCUT2D eigenvalue weighted by Gasteiger charge is 2.12. The van der Waals surface area contributed by atoms with Gasteiger partial charge in [-0.2, -0.15) is 0 Å². The van der Waals surface area contributed by atoms with Gasteiger partial charge in [-0.05, 0) is 66.4 Å². The second kappa shape index (κ2) is 9.44. The lowest BCUT2D eigenvalue weighted by molar-refractivity contribution is 0.272. The minimum atomic E-state index is 0.399. The number of aryl methyl sites for hydroxylation is 1. The van der Waals surface area contributed by atoms with Gasteiger partial charge in [-0.3, -0.25) is 0 Å². The first-order valence-electron chi connectivity index (χ1n) is 10.6. The number of hydrogen-bond donors (Lipinski definition) is 0. The second-order valence-corrected chi connectivity index (χ2v) is 8.35. The van der Waals surface area contributed by atoms with E-state index in [-0.39, 0.29) is 0 Å². The van der Waals surface area contributed by atoms with E-state index in [0.717, 1.165) is 38.9 Å². The molecular weight excluding hydrogens is 408 g/mol. The van der Waals surface area contributed by atoms with Crippen LogP contribution in [0.15, 0.2) is 66.7 Å². The minimum absolute atomic E-state index is 0.399. The maximum absolute atomic E-state index is 6.11. The molecule has 0 radical (unpaired) electrons. The normalized spacial score (nSPS) is 11.3. The van der Waals surface area contributed by atoms with E-state index in [4.69, 9.17) is 26.1 Å². The number of rotatable bonds is 8. The molecule has 31 heavy (non-hydrogen) atoms. The zero-order valence-corrected chi connectivity index (χ0v) is 18.9. The Kier molecular flexibility index (Phi) is 6.47. The van der Waals surface area contributed by atoms with E-state index in [1.54, 1.807) is 0 Å². The Morgan fingerprint density at radius 2 is 1.68 bits per heavy atom. The van der Waals surface area contributed by atoms with Crippen LogP contribution in [0.3, 0.4) is 0 Å². The van der Waals surface area contributed by atoms with Gasteiger partial charge in [-0.15, -0.1) is 0 Å². The highest BCUT2D eigenvalue weighted by Crippen LogP contribution is 2.23. The molecule has 0 fully saturated rings. The number of imidazole rings is 1. The smallest absolute Gasteiger partial charge is 0.148 e. The van der Waals surface area contributed by atoms with E-state index >= 15 is 0 Å². The largest absolute Gasteiger partial charge is 0.492 e. The molecule has 1 heterocycles. The fourth-order valence-electron chi connectivity index (χ4n) is 3.54. The van der Waals surface area contributed by atoms with E-state index in [9.17, 15) is 0 Å². The molecule has 0 aliphatic carbocycles. The number of hydrogen-bond acceptors (Lipinski definition) is 3. The molecule has 3 aromatic carbocycles. The molecule has 0 saturated heterocycles. The van der Waals surface area contributed by atoms with Crippen molar-refractivity contribution in [3.8, 4) is 11.5 Å². The number of para-hydroxylation sites is 2. The molecule has 4 rings (SSSR count). The van der Waals surface area contributed by atoms with Crippen LogP contribution >= 0.6 is 11.6 Å². The molecule has 4 aromatic rings. The molecule has 0 bridgehead atoms. The third-order valence-electron chi connectivity index (χ3n) is 5.36. The molecule has 0 saturated carbocycles. The van der Waals surface area contributed by atoms with Crippen LogP contribution in [0.2, 0.25) is 5.02 Å². The van der Waals surface area contributed by atoms with Crippen molar-refractivity contribution in [3.63, 3.8) is 0 Å². The monoisotopic (exact) mass is 434 g/mol. The van der Waals surface area contributed by atoms with Crippen LogP contribution in [0.4, 0.5) is 0 Å². The Hall–Kier alpha value is -2.98. The van der Waals surface area contributed by atoms with Gasteiger partial charge in [-0.25, -0.2) is 4.98 Å². The molecule has 4 nitrogen and oxygen atoms in total. The Morgan fingerprint density at radius 3 is 2.42 bits per heavy atom. The zero-order chi connectivity index (χ0) is 21.8. The third-order valence-corrected chi connectivity index (χ3v) is 5.79. The molecule has 0 aliphatic heterocycles. The lowest BCUT2D eigenvalue weighted by Gasteiger charge is -2.13. The van der Waals surface area contributed by atoms with E-state index in [2.05, 4.69) is 36.6 Å². The molecule has 0 atom stereocenters. The maximum atomic E-state index is 6.11. The number of fused-ring (bicyclic) bond motifs is 1. The van der Waals surface area contributed by atoms with Crippen molar-refractivity contribution in [2.45, 2.75) is 39.8 Å². The van der Waals surface area contributed by atoms with Crippen LogP contribution < -0.4 is 9.47 Å². The summed E-state index contributed by atoms with van der Waals surface area (Å²) in [4.78, 5) is 4.79. The summed E-state index contributed by atoms with van der Waals surface area (Å²) in [6.45, 7) is 7.94. The summed E-state index contributed by atoms with van der Waals surface area (Å²) in [7, 11) is 0. The Bertz CT molecular complexity index is 1170. The van der Waals surface area contributed by atoms with E-state index < -0.39 is 0 Å².